The highest BCUT2D eigenvalue weighted by molar-refractivity contribution is 5.54. The smallest absolute Gasteiger partial charge is 0.0641 e. The number of benzene rings is 1. The van der Waals surface area contributed by atoms with Gasteiger partial charge < -0.3 is 15.0 Å². The zero-order valence-electron chi connectivity index (χ0n) is 12.1. The summed E-state index contributed by atoms with van der Waals surface area (Å²) in [6, 6.07) is 6.68. The van der Waals surface area contributed by atoms with Crippen molar-refractivity contribution in [1.82, 2.24) is 5.32 Å². The SMILES string of the molecule is CCOCCN(CC)c1ccc(CNC)cc1C. The number of anilines is 1. The molecular weight excluding hydrogens is 224 g/mol. The Balaban J connectivity index is 2.73. The van der Waals surface area contributed by atoms with E-state index in [0.717, 1.165) is 32.8 Å². The summed E-state index contributed by atoms with van der Waals surface area (Å²) in [4.78, 5) is 2.37. The molecule has 3 heteroatoms. The molecule has 0 aliphatic heterocycles. The van der Waals surface area contributed by atoms with Crippen LogP contribution in [0.1, 0.15) is 25.0 Å². The highest BCUT2D eigenvalue weighted by Gasteiger charge is 2.07. The predicted molar refractivity (Wildman–Crippen MR) is 78.3 cm³/mol. The molecule has 1 rings (SSSR count). The van der Waals surface area contributed by atoms with Crippen molar-refractivity contribution in [2.75, 3.05) is 38.3 Å². The molecule has 0 atom stereocenters. The van der Waals surface area contributed by atoms with Crippen LogP contribution in [0.3, 0.4) is 0 Å². The zero-order valence-corrected chi connectivity index (χ0v) is 12.1. The van der Waals surface area contributed by atoms with E-state index in [2.05, 4.69) is 42.3 Å². The van der Waals surface area contributed by atoms with Crippen LogP contribution in [0, 0.1) is 6.92 Å². The van der Waals surface area contributed by atoms with E-state index in [4.69, 9.17) is 4.74 Å². The van der Waals surface area contributed by atoms with Gasteiger partial charge in [-0.1, -0.05) is 12.1 Å². The molecule has 0 heterocycles. The molecule has 0 unspecified atom stereocenters. The molecular formula is C15H26N2O. The predicted octanol–water partition coefficient (Wildman–Crippen LogP) is 2.58. The lowest BCUT2D eigenvalue weighted by atomic mass is 10.1. The Bertz CT molecular complexity index is 352. The minimum Gasteiger partial charge on any atom is -0.380 e. The van der Waals surface area contributed by atoms with Crippen LogP contribution in [0.5, 0.6) is 0 Å². The van der Waals surface area contributed by atoms with E-state index >= 15 is 0 Å². The van der Waals surface area contributed by atoms with Gasteiger partial charge in [0.25, 0.3) is 0 Å². The van der Waals surface area contributed by atoms with Crippen molar-refractivity contribution in [3.8, 4) is 0 Å². The molecule has 102 valence electrons. The maximum Gasteiger partial charge on any atom is 0.0641 e. The van der Waals surface area contributed by atoms with E-state index in [1.165, 1.54) is 16.8 Å². The molecule has 0 saturated heterocycles. The molecule has 1 aromatic carbocycles. The van der Waals surface area contributed by atoms with Crippen molar-refractivity contribution in [2.24, 2.45) is 0 Å². The highest BCUT2D eigenvalue weighted by atomic mass is 16.5. The van der Waals surface area contributed by atoms with Crippen molar-refractivity contribution < 1.29 is 4.74 Å². The quantitative estimate of drug-likeness (QED) is 0.718. The van der Waals surface area contributed by atoms with Gasteiger partial charge in [-0.2, -0.15) is 0 Å². The van der Waals surface area contributed by atoms with E-state index < -0.39 is 0 Å². The first-order valence-electron chi connectivity index (χ1n) is 6.79. The van der Waals surface area contributed by atoms with Crippen molar-refractivity contribution >= 4 is 5.69 Å². The van der Waals surface area contributed by atoms with Gasteiger partial charge in [-0.3, -0.25) is 0 Å². The molecule has 0 spiro atoms. The molecule has 0 fully saturated rings. The number of likely N-dealkylation sites (N-methyl/N-ethyl adjacent to an activating group) is 1. The number of nitrogens with zero attached hydrogens (tertiary/aromatic N) is 1. The van der Waals surface area contributed by atoms with Crippen LogP contribution in [-0.2, 0) is 11.3 Å². The standard InChI is InChI=1S/C15H26N2O/c1-5-17(9-10-18-6-2)15-8-7-14(12-16-4)11-13(15)3/h7-8,11,16H,5-6,9-10,12H2,1-4H3. The monoisotopic (exact) mass is 250 g/mol. The van der Waals surface area contributed by atoms with Crippen LogP contribution in [0.15, 0.2) is 18.2 Å². The number of ether oxygens (including phenoxy) is 1. The number of rotatable bonds is 8. The Morgan fingerprint density at radius 1 is 1.28 bits per heavy atom. The van der Waals surface area contributed by atoms with Crippen LogP contribution in [0.25, 0.3) is 0 Å². The van der Waals surface area contributed by atoms with E-state index in [1.54, 1.807) is 0 Å². The second-order valence-electron chi connectivity index (χ2n) is 4.43. The van der Waals surface area contributed by atoms with Crippen molar-refractivity contribution in [3.05, 3.63) is 29.3 Å². The molecule has 0 saturated carbocycles. The Hall–Kier alpha value is -1.06. The molecule has 18 heavy (non-hydrogen) atoms. The Morgan fingerprint density at radius 3 is 2.61 bits per heavy atom. The third-order valence-corrected chi connectivity index (χ3v) is 3.07. The van der Waals surface area contributed by atoms with Gasteiger partial charge in [0, 0.05) is 31.9 Å². The average Bonchev–Trinajstić information content (AvgIpc) is 2.36. The second-order valence-corrected chi connectivity index (χ2v) is 4.43. The number of hydrogen-bond acceptors (Lipinski definition) is 3. The van der Waals surface area contributed by atoms with Gasteiger partial charge in [0.2, 0.25) is 0 Å². The van der Waals surface area contributed by atoms with E-state index in [1.807, 2.05) is 14.0 Å². The second kappa shape index (κ2) is 8.11. The largest absolute Gasteiger partial charge is 0.380 e. The normalized spacial score (nSPS) is 10.7. The average molecular weight is 250 g/mol. The Labute approximate surface area is 111 Å². The van der Waals surface area contributed by atoms with Gasteiger partial charge in [-0.15, -0.1) is 0 Å². The molecule has 0 amide bonds. The lowest BCUT2D eigenvalue weighted by Gasteiger charge is -2.25. The number of aryl methyl sites for hydroxylation is 1. The molecule has 3 nitrogen and oxygen atoms in total. The third kappa shape index (κ3) is 4.31. The molecule has 1 aromatic rings. The molecule has 0 aliphatic carbocycles. The van der Waals surface area contributed by atoms with Gasteiger partial charge in [0.15, 0.2) is 0 Å². The van der Waals surface area contributed by atoms with Crippen LogP contribution in [0.4, 0.5) is 5.69 Å². The van der Waals surface area contributed by atoms with Gasteiger partial charge in [0.05, 0.1) is 6.61 Å². The van der Waals surface area contributed by atoms with Crippen LogP contribution in [-0.4, -0.2) is 33.4 Å². The minimum absolute atomic E-state index is 0.789. The Kier molecular flexibility index (Phi) is 6.76. The summed E-state index contributed by atoms with van der Waals surface area (Å²) in [5, 5.41) is 3.18. The third-order valence-electron chi connectivity index (χ3n) is 3.07. The van der Waals surface area contributed by atoms with Gasteiger partial charge in [0.1, 0.15) is 0 Å². The van der Waals surface area contributed by atoms with Crippen molar-refractivity contribution in [2.45, 2.75) is 27.3 Å². The van der Waals surface area contributed by atoms with Crippen LogP contribution >= 0.6 is 0 Å². The topological polar surface area (TPSA) is 24.5 Å². The molecule has 0 radical (unpaired) electrons. The Morgan fingerprint density at radius 2 is 2.06 bits per heavy atom. The summed E-state index contributed by atoms with van der Waals surface area (Å²) in [5.74, 6) is 0. The fourth-order valence-corrected chi connectivity index (χ4v) is 2.15. The number of hydrogen-bond donors (Lipinski definition) is 1. The summed E-state index contributed by atoms with van der Waals surface area (Å²) in [5.41, 5.74) is 3.98. The first-order valence-corrected chi connectivity index (χ1v) is 6.79. The first-order chi connectivity index (χ1) is 8.72. The summed E-state index contributed by atoms with van der Waals surface area (Å²) in [6.45, 7) is 10.9. The molecule has 0 aliphatic rings. The first kappa shape index (κ1) is 15.0. The maximum absolute atomic E-state index is 5.44. The van der Waals surface area contributed by atoms with Crippen molar-refractivity contribution in [1.29, 1.82) is 0 Å². The van der Waals surface area contributed by atoms with E-state index in [9.17, 15) is 0 Å². The summed E-state index contributed by atoms with van der Waals surface area (Å²) in [7, 11) is 1.98. The summed E-state index contributed by atoms with van der Waals surface area (Å²) < 4.78 is 5.44. The highest BCUT2D eigenvalue weighted by Crippen LogP contribution is 2.21. The van der Waals surface area contributed by atoms with Crippen molar-refractivity contribution in [3.63, 3.8) is 0 Å². The van der Waals surface area contributed by atoms with Gasteiger partial charge in [-0.25, -0.2) is 0 Å². The summed E-state index contributed by atoms with van der Waals surface area (Å²) in [6.07, 6.45) is 0. The minimum atomic E-state index is 0.789. The molecule has 0 aromatic heterocycles. The lowest BCUT2D eigenvalue weighted by Crippen LogP contribution is -2.27. The number of nitrogens with one attached hydrogen (secondary N) is 1. The van der Waals surface area contributed by atoms with E-state index in [-0.39, 0.29) is 0 Å². The molecule has 0 bridgehead atoms. The zero-order chi connectivity index (χ0) is 13.4. The van der Waals surface area contributed by atoms with E-state index in [0.29, 0.717) is 0 Å². The fraction of sp³-hybridized carbons (Fsp3) is 0.600. The fourth-order valence-electron chi connectivity index (χ4n) is 2.15. The van der Waals surface area contributed by atoms with Crippen LogP contribution < -0.4 is 10.2 Å². The van der Waals surface area contributed by atoms with Crippen LogP contribution in [0.2, 0.25) is 0 Å². The molecule has 1 N–H and O–H groups in total. The summed E-state index contributed by atoms with van der Waals surface area (Å²) >= 11 is 0. The van der Waals surface area contributed by atoms with Gasteiger partial charge in [-0.05, 0) is 45.0 Å². The maximum atomic E-state index is 5.44. The van der Waals surface area contributed by atoms with Gasteiger partial charge >= 0.3 is 0 Å². The lowest BCUT2D eigenvalue weighted by molar-refractivity contribution is 0.154.